The first-order chi connectivity index (χ1) is 17.7. The third-order valence-corrected chi connectivity index (χ3v) is 6.14. The van der Waals surface area contributed by atoms with E-state index in [1.165, 1.54) is 25.3 Å². The van der Waals surface area contributed by atoms with Gasteiger partial charge in [0.25, 0.3) is 5.91 Å². The summed E-state index contributed by atoms with van der Waals surface area (Å²) in [6.07, 6.45) is 1.43. The second kappa shape index (κ2) is 13.2. The van der Waals surface area contributed by atoms with Gasteiger partial charge in [-0.05, 0) is 83.0 Å². The summed E-state index contributed by atoms with van der Waals surface area (Å²) in [5, 5.41) is 13.2. The van der Waals surface area contributed by atoms with Crippen LogP contribution in [0, 0.1) is 11.3 Å². The van der Waals surface area contributed by atoms with E-state index in [2.05, 4.69) is 21.2 Å². The molecule has 0 unspecified atom stereocenters. The molecule has 190 valence electrons. The molecule has 0 saturated carbocycles. The van der Waals surface area contributed by atoms with E-state index < -0.39 is 11.9 Å². The predicted molar refractivity (Wildman–Crippen MR) is 146 cm³/mol. The molecule has 0 aromatic heterocycles. The average Bonchev–Trinajstić information content (AvgIpc) is 2.87. The predicted octanol–water partition coefficient (Wildman–Crippen LogP) is 7.07. The number of halogens is 3. The lowest BCUT2D eigenvalue weighted by molar-refractivity contribution is -0.112. The Bertz CT molecular complexity index is 1380. The zero-order chi connectivity index (χ0) is 26.9. The third kappa shape index (κ3) is 7.49. The molecule has 3 aromatic carbocycles. The van der Waals surface area contributed by atoms with Crippen LogP contribution in [0.2, 0.25) is 10.0 Å². The van der Waals surface area contributed by atoms with E-state index >= 15 is 0 Å². The Balaban J connectivity index is 1.77. The largest absolute Gasteiger partial charge is 0.493 e. The van der Waals surface area contributed by atoms with Gasteiger partial charge in [-0.15, -0.1) is 0 Å². The van der Waals surface area contributed by atoms with Gasteiger partial charge in [0.1, 0.15) is 18.2 Å². The van der Waals surface area contributed by atoms with Crippen LogP contribution >= 0.6 is 39.1 Å². The van der Waals surface area contributed by atoms with Crippen molar-refractivity contribution in [3.8, 4) is 17.6 Å². The van der Waals surface area contributed by atoms with Gasteiger partial charge >= 0.3 is 5.97 Å². The molecule has 0 radical (unpaired) electrons. The summed E-state index contributed by atoms with van der Waals surface area (Å²) >= 11 is 15.6. The number of carbonyl (C=O) groups excluding carboxylic acids is 2. The van der Waals surface area contributed by atoms with Crippen LogP contribution in [0.1, 0.15) is 28.4 Å². The van der Waals surface area contributed by atoms with E-state index in [9.17, 15) is 14.9 Å². The third-order valence-electron chi connectivity index (χ3n) is 4.97. The summed E-state index contributed by atoms with van der Waals surface area (Å²) in [6.45, 7) is 2.15. The number of carbonyl (C=O) groups is 2. The summed E-state index contributed by atoms with van der Waals surface area (Å²) in [4.78, 5) is 24.5. The van der Waals surface area contributed by atoms with Crippen LogP contribution in [0.25, 0.3) is 6.08 Å². The number of nitrogens with zero attached hydrogens (tertiary/aromatic N) is 1. The quantitative estimate of drug-likeness (QED) is 0.160. The molecule has 0 aliphatic heterocycles. The highest BCUT2D eigenvalue weighted by atomic mass is 79.9. The highest BCUT2D eigenvalue weighted by Gasteiger charge is 2.15. The molecular weight excluding hydrogens is 583 g/mol. The zero-order valence-corrected chi connectivity index (χ0v) is 22.9. The van der Waals surface area contributed by atoms with Gasteiger partial charge in [0.2, 0.25) is 0 Å². The second-order valence-electron chi connectivity index (χ2n) is 7.48. The molecule has 7 nitrogen and oxygen atoms in total. The number of methoxy groups -OCH3 is 1. The van der Waals surface area contributed by atoms with Gasteiger partial charge in [-0.2, -0.15) is 5.26 Å². The monoisotopic (exact) mass is 602 g/mol. The highest BCUT2D eigenvalue weighted by molar-refractivity contribution is 9.10. The first-order valence-electron chi connectivity index (χ1n) is 10.9. The summed E-state index contributed by atoms with van der Waals surface area (Å²) in [5.74, 6) is -0.256. The summed E-state index contributed by atoms with van der Waals surface area (Å²) < 4.78 is 16.9. The van der Waals surface area contributed by atoms with E-state index in [4.69, 9.17) is 37.4 Å². The average molecular weight is 604 g/mol. The van der Waals surface area contributed by atoms with Crippen LogP contribution in [-0.4, -0.2) is 25.6 Å². The molecule has 3 aromatic rings. The maximum atomic E-state index is 12.7. The fourth-order valence-corrected chi connectivity index (χ4v) is 4.21. The lowest BCUT2D eigenvalue weighted by atomic mass is 10.1. The van der Waals surface area contributed by atoms with Gasteiger partial charge < -0.3 is 19.5 Å². The Morgan fingerprint density at radius 3 is 2.46 bits per heavy atom. The first kappa shape index (κ1) is 28.1. The number of benzene rings is 3. The van der Waals surface area contributed by atoms with Crippen molar-refractivity contribution in [2.24, 2.45) is 0 Å². The maximum absolute atomic E-state index is 12.7. The van der Waals surface area contributed by atoms with Crippen molar-refractivity contribution in [3.63, 3.8) is 0 Å². The van der Waals surface area contributed by atoms with Crippen LogP contribution < -0.4 is 14.8 Å². The number of hydrogen-bond donors (Lipinski definition) is 1. The molecule has 0 atom stereocenters. The number of ether oxygens (including phenoxy) is 3. The molecule has 0 fully saturated rings. The van der Waals surface area contributed by atoms with E-state index in [1.54, 1.807) is 49.4 Å². The van der Waals surface area contributed by atoms with Gasteiger partial charge in [-0.25, -0.2) is 4.79 Å². The fraction of sp³-hybridized carbons (Fsp3) is 0.148. The van der Waals surface area contributed by atoms with E-state index in [0.717, 1.165) is 5.56 Å². The number of anilines is 1. The van der Waals surface area contributed by atoms with Crippen LogP contribution in [-0.2, 0) is 16.1 Å². The molecule has 1 amide bonds. The van der Waals surface area contributed by atoms with Crippen molar-refractivity contribution in [3.05, 3.63) is 91.4 Å². The molecule has 0 heterocycles. The summed E-state index contributed by atoms with van der Waals surface area (Å²) in [6, 6.07) is 16.5. The van der Waals surface area contributed by atoms with Crippen molar-refractivity contribution in [2.45, 2.75) is 13.5 Å². The van der Waals surface area contributed by atoms with Crippen molar-refractivity contribution in [1.29, 1.82) is 5.26 Å². The minimum absolute atomic E-state index is 0.134. The number of esters is 1. The number of amides is 1. The normalized spacial score (nSPS) is 10.9. The molecule has 0 aliphatic carbocycles. The number of nitriles is 1. The van der Waals surface area contributed by atoms with Crippen LogP contribution in [0.3, 0.4) is 0 Å². The standard InChI is InChI=1S/C27H21BrCl2N2O5/c1-3-36-27(34)17-5-8-21(9-6-17)32-26(33)19(14-31)10-16-11-22(28)25(24(12-16)35-2)37-15-18-4-7-20(29)13-23(18)30/h4-13H,3,15H2,1-2H3,(H,32,33)/b19-10+. The maximum Gasteiger partial charge on any atom is 0.338 e. The van der Waals surface area contributed by atoms with Gasteiger partial charge in [-0.3, -0.25) is 4.79 Å². The summed E-state index contributed by atoms with van der Waals surface area (Å²) in [7, 11) is 1.48. The SMILES string of the molecule is CCOC(=O)c1ccc(NC(=O)/C(C#N)=C/c2cc(Br)c(OCc3ccc(Cl)cc3Cl)c(OC)c2)cc1. The molecule has 0 aliphatic rings. The fourth-order valence-electron chi connectivity index (χ4n) is 3.17. The van der Waals surface area contributed by atoms with Gasteiger partial charge in [0.15, 0.2) is 11.5 Å². The Morgan fingerprint density at radius 2 is 1.84 bits per heavy atom. The first-order valence-corrected chi connectivity index (χ1v) is 12.4. The lowest BCUT2D eigenvalue weighted by Gasteiger charge is -2.14. The molecule has 3 rings (SSSR count). The van der Waals surface area contributed by atoms with Gasteiger partial charge in [0, 0.05) is 21.3 Å². The molecule has 0 bridgehead atoms. The molecular formula is C27H21BrCl2N2O5. The van der Waals surface area contributed by atoms with Crippen LogP contribution in [0.5, 0.6) is 11.5 Å². The number of rotatable bonds is 9. The topological polar surface area (TPSA) is 97.7 Å². The van der Waals surface area contributed by atoms with E-state index in [-0.39, 0.29) is 18.8 Å². The van der Waals surface area contributed by atoms with Crippen molar-refractivity contribution in [1.82, 2.24) is 0 Å². The zero-order valence-electron chi connectivity index (χ0n) is 19.8. The second-order valence-corrected chi connectivity index (χ2v) is 9.18. The van der Waals surface area contributed by atoms with E-state index in [1.807, 2.05) is 6.07 Å². The number of nitrogens with one attached hydrogen (secondary N) is 1. The Labute approximate surface area is 232 Å². The van der Waals surface area contributed by atoms with Gasteiger partial charge in [0.05, 0.1) is 23.8 Å². The Hall–Kier alpha value is -3.51. The summed E-state index contributed by atoms with van der Waals surface area (Å²) in [5.41, 5.74) is 1.91. The van der Waals surface area contributed by atoms with Crippen LogP contribution in [0.4, 0.5) is 5.69 Å². The lowest BCUT2D eigenvalue weighted by Crippen LogP contribution is -2.13. The van der Waals surface area contributed by atoms with Gasteiger partial charge in [-0.1, -0.05) is 29.3 Å². The van der Waals surface area contributed by atoms with Crippen molar-refractivity contribution < 1.29 is 23.8 Å². The minimum Gasteiger partial charge on any atom is -0.493 e. The van der Waals surface area contributed by atoms with Crippen molar-refractivity contribution in [2.75, 3.05) is 19.0 Å². The molecule has 37 heavy (non-hydrogen) atoms. The molecule has 1 N–H and O–H groups in total. The van der Waals surface area contributed by atoms with Crippen LogP contribution in [0.15, 0.2) is 64.6 Å². The molecule has 10 heteroatoms. The smallest absolute Gasteiger partial charge is 0.338 e. The highest BCUT2D eigenvalue weighted by Crippen LogP contribution is 2.38. The number of hydrogen-bond acceptors (Lipinski definition) is 6. The van der Waals surface area contributed by atoms with E-state index in [0.29, 0.717) is 42.8 Å². The molecule has 0 saturated heterocycles. The Kier molecular flexibility index (Phi) is 9.98. The molecule has 0 spiro atoms. The van der Waals surface area contributed by atoms with Crippen molar-refractivity contribution >= 4 is 62.8 Å². The Morgan fingerprint density at radius 1 is 1.11 bits per heavy atom. The minimum atomic E-state index is -0.612.